The third-order valence-electron chi connectivity index (χ3n) is 5.62. The summed E-state index contributed by atoms with van der Waals surface area (Å²) in [6.07, 6.45) is 0.678. The van der Waals surface area contributed by atoms with Crippen LogP contribution >= 0.6 is 11.8 Å². The number of hydrogen-bond donors (Lipinski definition) is 2. The first-order valence-corrected chi connectivity index (χ1v) is 11.3. The molecule has 2 aliphatic rings. The SMILES string of the molecule is COc1ccc(CCNC(=O)[C@H](C)NC(=O)[C@@H]2CS[C@@H]3c4ccccc4C(=O)N32)cc1. The molecular formula is C23H25N3O4S. The quantitative estimate of drug-likeness (QED) is 0.690. The number of thioether (sulfide) groups is 1. The molecule has 0 saturated carbocycles. The van der Waals surface area contributed by atoms with Gasteiger partial charge in [-0.05, 0) is 42.7 Å². The fraction of sp³-hybridized carbons (Fsp3) is 0.348. The Balaban J connectivity index is 1.28. The molecule has 0 radical (unpaired) electrons. The van der Waals surface area contributed by atoms with Crippen molar-refractivity contribution in [3.63, 3.8) is 0 Å². The molecule has 3 amide bonds. The molecule has 1 saturated heterocycles. The highest BCUT2D eigenvalue weighted by Crippen LogP contribution is 2.48. The highest BCUT2D eigenvalue weighted by Gasteiger charge is 2.48. The maximum atomic E-state index is 12.8. The fourth-order valence-corrected chi connectivity index (χ4v) is 5.36. The minimum atomic E-state index is -0.688. The van der Waals surface area contributed by atoms with Crippen molar-refractivity contribution in [2.45, 2.75) is 30.8 Å². The molecule has 4 rings (SSSR count). The number of benzene rings is 2. The summed E-state index contributed by atoms with van der Waals surface area (Å²) in [5, 5.41) is 5.49. The summed E-state index contributed by atoms with van der Waals surface area (Å²) < 4.78 is 5.14. The Bertz CT molecular complexity index is 995. The van der Waals surface area contributed by atoms with Crippen LogP contribution in [0.1, 0.15) is 33.8 Å². The number of hydrogen-bond acceptors (Lipinski definition) is 5. The van der Waals surface area contributed by atoms with Gasteiger partial charge in [0.2, 0.25) is 11.8 Å². The van der Waals surface area contributed by atoms with Gasteiger partial charge in [0, 0.05) is 17.9 Å². The van der Waals surface area contributed by atoms with Gasteiger partial charge in [-0.2, -0.15) is 0 Å². The van der Waals surface area contributed by atoms with Crippen LogP contribution in [0, 0.1) is 0 Å². The lowest BCUT2D eigenvalue weighted by atomic mass is 10.1. The molecular weight excluding hydrogens is 414 g/mol. The Morgan fingerprint density at radius 1 is 1.19 bits per heavy atom. The first-order valence-electron chi connectivity index (χ1n) is 10.2. The molecule has 162 valence electrons. The van der Waals surface area contributed by atoms with Crippen molar-refractivity contribution >= 4 is 29.5 Å². The lowest BCUT2D eigenvalue weighted by molar-refractivity contribution is -0.130. The number of rotatable bonds is 7. The summed E-state index contributed by atoms with van der Waals surface area (Å²) in [4.78, 5) is 39.7. The number of nitrogens with zero attached hydrogens (tertiary/aromatic N) is 1. The molecule has 0 spiro atoms. The minimum Gasteiger partial charge on any atom is -0.497 e. The number of carbonyl (C=O) groups excluding carboxylic acids is 3. The van der Waals surface area contributed by atoms with Crippen molar-refractivity contribution in [3.05, 3.63) is 65.2 Å². The molecule has 2 aliphatic heterocycles. The number of methoxy groups -OCH3 is 1. The van der Waals surface area contributed by atoms with E-state index in [0.717, 1.165) is 16.9 Å². The fourth-order valence-electron chi connectivity index (χ4n) is 3.89. The lowest BCUT2D eigenvalue weighted by Crippen LogP contribution is -2.52. The van der Waals surface area contributed by atoms with Crippen LogP contribution in [-0.2, 0) is 16.0 Å². The summed E-state index contributed by atoms with van der Waals surface area (Å²) in [7, 11) is 1.62. The summed E-state index contributed by atoms with van der Waals surface area (Å²) >= 11 is 1.58. The predicted octanol–water partition coefficient (Wildman–Crippen LogP) is 2.13. The molecule has 0 bridgehead atoms. The Morgan fingerprint density at radius 3 is 2.68 bits per heavy atom. The molecule has 31 heavy (non-hydrogen) atoms. The van der Waals surface area contributed by atoms with Crippen LogP contribution in [0.2, 0.25) is 0 Å². The number of ether oxygens (including phenoxy) is 1. The summed E-state index contributed by atoms with van der Waals surface area (Å²) in [6, 6.07) is 13.9. The number of carbonyl (C=O) groups is 3. The highest BCUT2D eigenvalue weighted by atomic mass is 32.2. The van der Waals surface area contributed by atoms with Crippen LogP contribution in [0.3, 0.4) is 0 Å². The van der Waals surface area contributed by atoms with Gasteiger partial charge >= 0.3 is 0 Å². The Kier molecular flexibility index (Phi) is 6.18. The van der Waals surface area contributed by atoms with E-state index in [1.807, 2.05) is 42.5 Å². The molecule has 7 nitrogen and oxygen atoms in total. The predicted molar refractivity (Wildman–Crippen MR) is 119 cm³/mol. The smallest absolute Gasteiger partial charge is 0.256 e. The van der Waals surface area contributed by atoms with E-state index in [2.05, 4.69) is 10.6 Å². The molecule has 0 aliphatic carbocycles. The molecule has 2 heterocycles. The Hall–Kier alpha value is -3.00. The van der Waals surface area contributed by atoms with Crippen LogP contribution < -0.4 is 15.4 Å². The molecule has 2 N–H and O–H groups in total. The zero-order chi connectivity index (χ0) is 22.0. The van der Waals surface area contributed by atoms with Crippen LogP contribution in [0.4, 0.5) is 0 Å². The van der Waals surface area contributed by atoms with Gasteiger partial charge in [-0.25, -0.2) is 0 Å². The molecule has 3 atom stereocenters. The number of fused-ring (bicyclic) bond motifs is 3. The van der Waals surface area contributed by atoms with Crippen molar-refractivity contribution in [1.29, 1.82) is 0 Å². The van der Waals surface area contributed by atoms with Crippen molar-refractivity contribution in [2.75, 3.05) is 19.4 Å². The lowest BCUT2D eigenvalue weighted by Gasteiger charge is -2.24. The second-order valence-corrected chi connectivity index (χ2v) is 8.73. The van der Waals surface area contributed by atoms with Crippen LogP contribution in [0.25, 0.3) is 0 Å². The largest absolute Gasteiger partial charge is 0.497 e. The Labute approximate surface area is 185 Å². The van der Waals surface area contributed by atoms with E-state index in [9.17, 15) is 14.4 Å². The third-order valence-corrected chi connectivity index (χ3v) is 6.92. The van der Waals surface area contributed by atoms with Gasteiger partial charge in [-0.3, -0.25) is 14.4 Å². The van der Waals surface area contributed by atoms with Gasteiger partial charge in [-0.1, -0.05) is 30.3 Å². The second-order valence-electron chi connectivity index (χ2n) is 7.62. The summed E-state index contributed by atoms with van der Waals surface area (Å²) in [5.41, 5.74) is 2.69. The third kappa shape index (κ3) is 4.25. The van der Waals surface area contributed by atoms with Gasteiger partial charge in [-0.15, -0.1) is 11.8 Å². The molecule has 0 aromatic heterocycles. The molecule has 2 aromatic carbocycles. The summed E-state index contributed by atoms with van der Waals surface area (Å²) in [6.45, 7) is 2.12. The normalized spacial score (nSPS) is 20.1. The van der Waals surface area contributed by atoms with Crippen molar-refractivity contribution in [1.82, 2.24) is 15.5 Å². The maximum absolute atomic E-state index is 12.8. The summed E-state index contributed by atoms with van der Waals surface area (Å²) in [5.74, 6) is 0.634. The van der Waals surface area contributed by atoms with E-state index in [4.69, 9.17) is 4.74 Å². The number of amides is 3. The molecule has 8 heteroatoms. The van der Waals surface area contributed by atoms with Gasteiger partial charge in [0.25, 0.3) is 5.91 Å². The van der Waals surface area contributed by atoms with Gasteiger partial charge < -0.3 is 20.3 Å². The van der Waals surface area contributed by atoms with E-state index in [0.29, 0.717) is 24.3 Å². The van der Waals surface area contributed by atoms with Gasteiger partial charge in [0.1, 0.15) is 23.2 Å². The number of nitrogens with one attached hydrogen (secondary N) is 2. The van der Waals surface area contributed by atoms with Crippen LogP contribution in [-0.4, -0.2) is 54.1 Å². The second kappa shape index (κ2) is 9.01. The maximum Gasteiger partial charge on any atom is 0.256 e. The van der Waals surface area contributed by atoms with E-state index in [-0.39, 0.29) is 23.1 Å². The van der Waals surface area contributed by atoms with Crippen molar-refractivity contribution in [3.8, 4) is 5.75 Å². The van der Waals surface area contributed by atoms with Crippen LogP contribution in [0.15, 0.2) is 48.5 Å². The average molecular weight is 440 g/mol. The topological polar surface area (TPSA) is 87.7 Å². The zero-order valence-electron chi connectivity index (χ0n) is 17.5. The molecule has 0 unspecified atom stereocenters. The van der Waals surface area contributed by atoms with Crippen molar-refractivity contribution in [2.24, 2.45) is 0 Å². The molecule has 1 fully saturated rings. The van der Waals surface area contributed by atoms with E-state index >= 15 is 0 Å². The average Bonchev–Trinajstić information content (AvgIpc) is 3.34. The Morgan fingerprint density at radius 2 is 1.94 bits per heavy atom. The van der Waals surface area contributed by atoms with E-state index < -0.39 is 12.1 Å². The van der Waals surface area contributed by atoms with Crippen LogP contribution in [0.5, 0.6) is 5.75 Å². The van der Waals surface area contributed by atoms with Crippen molar-refractivity contribution < 1.29 is 19.1 Å². The molecule has 2 aromatic rings. The van der Waals surface area contributed by atoms with Gasteiger partial charge in [0.15, 0.2) is 0 Å². The minimum absolute atomic E-state index is 0.123. The van der Waals surface area contributed by atoms with Gasteiger partial charge in [0.05, 0.1) is 7.11 Å². The first-order chi connectivity index (χ1) is 15.0. The monoisotopic (exact) mass is 439 g/mol. The first kappa shape index (κ1) is 21.2. The standard InChI is InChI=1S/C23H25N3O4S/c1-14(20(27)24-12-11-15-7-9-16(30-2)10-8-15)25-21(28)19-13-31-23-18-6-4-3-5-17(18)22(29)26(19)23/h3-10,14,19,23H,11-13H2,1-2H3,(H,24,27)(H,25,28)/t14-,19-,23+/m0/s1. The zero-order valence-corrected chi connectivity index (χ0v) is 18.3. The van der Waals surface area contributed by atoms with E-state index in [1.165, 1.54) is 0 Å². The highest BCUT2D eigenvalue weighted by molar-refractivity contribution is 7.99. The van der Waals surface area contributed by atoms with E-state index in [1.54, 1.807) is 36.8 Å².